The summed E-state index contributed by atoms with van der Waals surface area (Å²) < 4.78 is 33.4. The largest absolute Gasteiger partial charge is 0.389 e. The quantitative estimate of drug-likeness (QED) is 0.398. The minimum absolute atomic E-state index is 0.0346. The van der Waals surface area contributed by atoms with Crippen molar-refractivity contribution in [3.63, 3.8) is 0 Å². The van der Waals surface area contributed by atoms with Gasteiger partial charge >= 0.3 is 0 Å². The van der Waals surface area contributed by atoms with Crippen molar-refractivity contribution in [2.24, 2.45) is 0 Å². The predicted molar refractivity (Wildman–Crippen MR) is 109 cm³/mol. The fourth-order valence-electron chi connectivity index (χ4n) is 3.69. The van der Waals surface area contributed by atoms with E-state index >= 15 is 0 Å². The fourth-order valence-corrected chi connectivity index (χ4v) is 3.69. The fraction of sp³-hybridized carbons (Fsp3) is 0.727. The molecule has 1 aromatic rings. The number of aliphatic hydroxyl groups is 4. The van der Waals surface area contributed by atoms with Crippen LogP contribution in [0.5, 0.6) is 0 Å². The first-order valence-corrected chi connectivity index (χ1v) is 10.8. The third-order valence-corrected chi connectivity index (χ3v) is 5.48. The number of ether oxygens (including phenoxy) is 1. The molecule has 5 atom stereocenters. The van der Waals surface area contributed by atoms with Crippen LogP contribution < -0.4 is 0 Å². The topological polar surface area (TPSA) is 93.4 Å². The highest BCUT2D eigenvalue weighted by Crippen LogP contribution is 2.16. The molecule has 1 unspecified atom stereocenters. The standard InChI is InChI=1S/C22H35F2NO5/c1-2-5-15-7-8-16(18(24)10-15)13-30-14-17(23)6-3-4-9-25-11-19(26)21(28)22(29)20(27)12-25/h7-8,10,17,19-22,26-29H,2-6,9,11-14H2,1H3/t17?,19-,20-,21+,22+/m0/s1. The summed E-state index contributed by atoms with van der Waals surface area (Å²) in [6, 6.07) is 5.06. The van der Waals surface area contributed by atoms with Crippen LogP contribution in [0.3, 0.4) is 0 Å². The van der Waals surface area contributed by atoms with E-state index in [1.54, 1.807) is 11.0 Å². The SMILES string of the molecule is CCCc1ccc(COCC(F)CCCCN2C[C@H](O)[C@@H](O)[C@H](O)[C@@H](O)C2)c(F)c1. The number of rotatable bonds is 11. The van der Waals surface area contributed by atoms with Crippen LogP contribution in [0, 0.1) is 5.82 Å². The average molecular weight is 432 g/mol. The minimum atomic E-state index is -1.38. The summed E-state index contributed by atoms with van der Waals surface area (Å²) in [4.78, 5) is 1.75. The lowest BCUT2D eigenvalue weighted by Crippen LogP contribution is -2.43. The first-order valence-electron chi connectivity index (χ1n) is 10.8. The third kappa shape index (κ3) is 7.83. The van der Waals surface area contributed by atoms with Crippen LogP contribution in [0.1, 0.15) is 43.7 Å². The molecule has 172 valence electrons. The number of hydrogen-bond acceptors (Lipinski definition) is 6. The normalized spacial score (nSPS) is 26.5. The van der Waals surface area contributed by atoms with Crippen LogP contribution >= 0.6 is 0 Å². The Kier molecular flexibility index (Phi) is 10.6. The molecule has 1 aliphatic heterocycles. The maximum atomic E-state index is 14.0. The highest BCUT2D eigenvalue weighted by molar-refractivity contribution is 5.24. The Balaban J connectivity index is 1.63. The number of likely N-dealkylation sites (tertiary alicyclic amines) is 1. The van der Waals surface area contributed by atoms with Crippen molar-refractivity contribution in [1.29, 1.82) is 0 Å². The second-order valence-corrected chi connectivity index (χ2v) is 8.16. The van der Waals surface area contributed by atoms with Crippen molar-refractivity contribution in [3.05, 3.63) is 35.1 Å². The average Bonchev–Trinajstić information content (AvgIpc) is 2.79. The maximum absolute atomic E-state index is 14.0. The summed E-state index contributed by atoms with van der Waals surface area (Å²) in [5.41, 5.74) is 1.36. The molecule has 0 saturated carbocycles. The summed E-state index contributed by atoms with van der Waals surface area (Å²) >= 11 is 0. The van der Waals surface area contributed by atoms with E-state index in [1.165, 1.54) is 6.07 Å². The van der Waals surface area contributed by atoms with Crippen LogP contribution in [0.2, 0.25) is 0 Å². The summed E-state index contributed by atoms with van der Waals surface area (Å²) in [5.74, 6) is -0.326. The Morgan fingerprint density at radius 3 is 2.37 bits per heavy atom. The number of β-amino-alcohol motifs (C(OH)–C–C–N with tert-alkyl or cyclic N) is 2. The molecule has 6 nitrogen and oxygen atoms in total. The number of halogens is 2. The second-order valence-electron chi connectivity index (χ2n) is 8.16. The molecule has 1 saturated heterocycles. The van der Waals surface area contributed by atoms with E-state index in [9.17, 15) is 29.2 Å². The highest BCUT2D eigenvalue weighted by Gasteiger charge is 2.35. The molecular weight excluding hydrogens is 396 g/mol. The van der Waals surface area contributed by atoms with Gasteiger partial charge in [-0.25, -0.2) is 8.78 Å². The number of aryl methyl sites for hydroxylation is 1. The first-order chi connectivity index (χ1) is 14.3. The molecular formula is C22H35F2NO5. The van der Waals surface area contributed by atoms with E-state index in [-0.39, 0.29) is 32.1 Å². The van der Waals surface area contributed by atoms with Crippen molar-refractivity contribution < 1.29 is 33.9 Å². The molecule has 30 heavy (non-hydrogen) atoms. The predicted octanol–water partition coefficient (Wildman–Crippen LogP) is 1.56. The molecule has 4 N–H and O–H groups in total. The van der Waals surface area contributed by atoms with Crippen LogP contribution in [0.25, 0.3) is 0 Å². The zero-order valence-corrected chi connectivity index (χ0v) is 17.6. The monoisotopic (exact) mass is 431 g/mol. The van der Waals surface area contributed by atoms with E-state index in [0.29, 0.717) is 31.4 Å². The summed E-state index contributed by atoms with van der Waals surface area (Å²) in [7, 11) is 0. The van der Waals surface area contributed by atoms with Gasteiger partial charge in [0.15, 0.2) is 0 Å². The lowest BCUT2D eigenvalue weighted by Gasteiger charge is -2.23. The molecule has 8 heteroatoms. The van der Waals surface area contributed by atoms with Crippen molar-refractivity contribution in [3.8, 4) is 0 Å². The molecule has 1 heterocycles. The maximum Gasteiger partial charge on any atom is 0.128 e. The number of unbranched alkanes of at least 4 members (excludes halogenated alkanes) is 1. The number of aliphatic hydroxyl groups excluding tert-OH is 4. The van der Waals surface area contributed by atoms with Crippen LogP contribution in [0.4, 0.5) is 8.78 Å². The summed E-state index contributed by atoms with van der Waals surface area (Å²) in [5, 5.41) is 39.1. The van der Waals surface area contributed by atoms with Crippen molar-refractivity contribution in [1.82, 2.24) is 4.90 Å². The van der Waals surface area contributed by atoms with E-state index in [2.05, 4.69) is 0 Å². The van der Waals surface area contributed by atoms with Gasteiger partial charge in [0.25, 0.3) is 0 Å². The number of hydrogen-bond donors (Lipinski definition) is 4. The lowest BCUT2D eigenvalue weighted by molar-refractivity contribution is -0.0894. The van der Waals surface area contributed by atoms with Gasteiger partial charge < -0.3 is 25.2 Å². The molecule has 0 bridgehead atoms. The number of benzene rings is 1. The molecule has 2 rings (SSSR count). The van der Waals surface area contributed by atoms with Gasteiger partial charge in [0, 0.05) is 18.7 Å². The first kappa shape index (κ1) is 25.1. The van der Waals surface area contributed by atoms with Crippen molar-refractivity contribution in [2.75, 3.05) is 26.2 Å². The van der Waals surface area contributed by atoms with Gasteiger partial charge in [0.2, 0.25) is 0 Å². The Labute approximate surface area is 177 Å². The smallest absolute Gasteiger partial charge is 0.128 e. The molecule has 0 spiro atoms. The zero-order chi connectivity index (χ0) is 22.1. The highest BCUT2D eigenvalue weighted by atomic mass is 19.1. The minimum Gasteiger partial charge on any atom is -0.389 e. The molecule has 0 aliphatic carbocycles. The van der Waals surface area contributed by atoms with Gasteiger partial charge in [-0.1, -0.05) is 25.5 Å². The van der Waals surface area contributed by atoms with Crippen molar-refractivity contribution >= 4 is 0 Å². The van der Waals surface area contributed by atoms with Gasteiger partial charge in [-0.15, -0.1) is 0 Å². The number of nitrogens with zero attached hydrogens (tertiary/aromatic N) is 1. The summed E-state index contributed by atoms with van der Waals surface area (Å²) in [6.07, 6.45) is -2.93. The van der Waals surface area contributed by atoms with Gasteiger partial charge in [-0.05, 0) is 43.9 Å². The van der Waals surface area contributed by atoms with Gasteiger partial charge in [0.1, 0.15) is 24.2 Å². The number of alkyl halides is 1. The van der Waals surface area contributed by atoms with E-state index in [4.69, 9.17) is 4.74 Å². The van der Waals surface area contributed by atoms with Crippen LogP contribution in [-0.4, -0.2) is 82.2 Å². The molecule has 1 aromatic carbocycles. The van der Waals surface area contributed by atoms with Gasteiger partial charge in [0.05, 0.1) is 25.4 Å². The molecule has 1 fully saturated rings. The van der Waals surface area contributed by atoms with Crippen LogP contribution in [0.15, 0.2) is 18.2 Å². The Bertz CT molecular complexity index is 620. The van der Waals surface area contributed by atoms with Gasteiger partial charge in [-0.2, -0.15) is 0 Å². The van der Waals surface area contributed by atoms with E-state index in [0.717, 1.165) is 18.4 Å². The van der Waals surface area contributed by atoms with Crippen LogP contribution in [-0.2, 0) is 17.8 Å². The molecule has 0 amide bonds. The van der Waals surface area contributed by atoms with E-state index < -0.39 is 30.6 Å². The molecule has 0 aromatic heterocycles. The Hall–Kier alpha value is -1.16. The molecule has 1 aliphatic rings. The van der Waals surface area contributed by atoms with E-state index in [1.807, 2.05) is 13.0 Å². The Morgan fingerprint density at radius 2 is 1.77 bits per heavy atom. The molecule has 0 radical (unpaired) electrons. The summed E-state index contributed by atoms with van der Waals surface area (Å²) in [6.45, 7) is 2.75. The van der Waals surface area contributed by atoms with Gasteiger partial charge in [-0.3, -0.25) is 4.90 Å². The third-order valence-electron chi connectivity index (χ3n) is 5.48. The lowest BCUT2D eigenvalue weighted by atomic mass is 10.1. The second kappa shape index (κ2) is 12.6. The Morgan fingerprint density at radius 1 is 1.10 bits per heavy atom. The zero-order valence-electron chi connectivity index (χ0n) is 17.6. The van der Waals surface area contributed by atoms with Crippen molar-refractivity contribution in [2.45, 2.75) is 76.2 Å².